The second-order valence-electron chi connectivity index (χ2n) is 23.9. The minimum Gasteiger partial charge on any atom is -0.491 e. The third-order valence-electron chi connectivity index (χ3n) is 18.5. The van der Waals surface area contributed by atoms with Crippen molar-refractivity contribution in [1.29, 1.82) is 0 Å². The van der Waals surface area contributed by atoms with Crippen molar-refractivity contribution in [2.75, 3.05) is 62.7 Å². The Kier molecular flexibility index (Phi) is 18.3. The number of anilines is 6. The van der Waals surface area contributed by atoms with Gasteiger partial charge in [0.15, 0.2) is 0 Å². The maximum atomic E-state index is 6.19. The molecule has 0 heterocycles. The summed E-state index contributed by atoms with van der Waals surface area (Å²) in [6, 6.07) is 105. The van der Waals surface area contributed by atoms with E-state index in [4.69, 9.17) is 28.4 Å². The summed E-state index contributed by atoms with van der Waals surface area (Å²) in [5.74, 6) is 3.16. The molecule has 12 aromatic carbocycles. The first kappa shape index (κ1) is 62.3. The van der Waals surface area contributed by atoms with Crippen LogP contribution in [-0.4, -0.2) is 52.9 Å². The number of nitrogens with zero attached hydrogens (tertiary/aromatic N) is 2. The summed E-state index contributed by atoms with van der Waals surface area (Å²) >= 11 is 0. The Morgan fingerprint density at radius 1 is 0.292 bits per heavy atom. The highest BCUT2D eigenvalue weighted by molar-refractivity contribution is 5.92. The lowest BCUT2D eigenvalue weighted by atomic mass is 9.67. The van der Waals surface area contributed by atoms with Crippen LogP contribution in [0.4, 0.5) is 34.1 Å². The zero-order chi connectivity index (χ0) is 65.3. The Bertz CT molecular complexity index is 4340. The fourth-order valence-corrected chi connectivity index (χ4v) is 14.3. The smallest absolute Gasteiger partial charge is 0.119 e. The molecule has 0 aromatic heterocycles. The van der Waals surface area contributed by atoms with Crippen molar-refractivity contribution in [1.82, 2.24) is 0 Å². The van der Waals surface area contributed by atoms with Crippen LogP contribution in [-0.2, 0) is 20.3 Å². The minimum absolute atomic E-state index is 0.422. The predicted octanol–water partition coefficient (Wildman–Crippen LogP) is 21.0. The van der Waals surface area contributed by atoms with Gasteiger partial charge in [0.2, 0.25) is 0 Å². The molecule has 12 aromatic rings. The van der Waals surface area contributed by atoms with Gasteiger partial charge in [0.25, 0.3) is 0 Å². The Morgan fingerprint density at radius 2 is 0.594 bits per heavy atom. The molecule has 14 rings (SSSR count). The van der Waals surface area contributed by atoms with Gasteiger partial charge in [-0.25, -0.2) is 0 Å². The molecule has 2 aliphatic carbocycles. The third kappa shape index (κ3) is 11.8. The van der Waals surface area contributed by atoms with Gasteiger partial charge in [-0.1, -0.05) is 195 Å². The topological polar surface area (TPSA) is 61.9 Å². The average Bonchev–Trinajstić information content (AvgIpc) is 1.54. The molecule has 0 saturated carbocycles. The molecular weight excluding hydrogens is 1180 g/mol. The van der Waals surface area contributed by atoms with Gasteiger partial charge < -0.3 is 38.2 Å². The van der Waals surface area contributed by atoms with Gasteiger partial charge in [0.1, 0.15) is 49.4 Å². The average molecular weight is 1260 g/mol. The van der Waals surface area contributed by atoms with Crippen molar-refractivity contribution in [3.63, 3.8) is 0 Å². The lowest BCUT2D eigenvalue weighted by molar-refractivity contribution is 0.110. The summed E-state index contributed by atoms with van der Waals surface area (Å²) in [6.45, 7) is 15.9. The van der Waals surface area contributed by atoms with Gasteiger partial charge in [-0.3, -0.25) is 0 Å². The highest BCUT2D eigenvalue weighted by Gasteiger charge is 2.48. The minimum atomic E-state index is -0.699. The van der Waals surface area contributed by atoms with Gasteiger partial charge >= 0.3 is 0 Å². The molecule has 0 fully saturated rings. The fourth-order valence-electron chi connectivity index (χ4n) is 14.3. The zero-order valence-corrected chi connectivity index (χ0v) is 54.3. The number of hydrogen-bond acceptors (Lipinski definition) is 8. The number of benzene rings is 12. The third-order valence-corrected chi connectivity index (χ3v) is 18.5. The van der Waals surface area contributed by atoms with Crippen LogP contribution in [0.15, 0.2) is 316 Å². The molecule has 474 valence electrons. The molecule has 0 aliphatic heterocycles. The van der Waals surface area contributed by atoms with E-state index in [1.807, 2.05) is 13.8 Å². The summed E-state index contributed by atoms with van der Waals surface area (Å²) in [4.78, 5) is 4.74. The van der Waals surface area contributed by atoms with Crippen LogP contribution >= 0.6 is 0 Å². The van der Waals surface area contributed by atoms with Gasteiger partial charge in [0, 0.05) is 47.3 Å². The van der Waals surface area contributed by atoms with E-state index in [2.05, 4.69) is 314 Å². The Balaban J connectivity index is 0.827. The van der Waals surface area contributed by atoms with E-state index in [1.54, 1.807) is 12.2 Å². The molecule has 8 heteroatoms. The van der Waals surface area contributed by atoms with Crippen LogP contribution in [0.1, 0.15) is 58.4 Å². The standard InChI is InChI=1S/C88H76N2O6/c1-5-55-93-75-45-31-65(32-46-75)87(67-35-49-77(50-36-67)95-59-57-91-7-3)83-25-17-15-23-79(83)81-53-43-73(61-85(81)87)89(69-19-11-9-12-20-69)71-39-27-63(28-40-71)64-29-41-72(42-30-64)90(70-21-13-10-14-22-70)74-44-54-82-80-24-16-18-26-84(80)88(86(82)62-74,66-33-47-76(48-34-66)94-56-6-2)68-37-51-78(52-38-68)96-60-58-92-8-4/h5-6,9-54,61-62H,1-2,7-8,55-60H2,3-4H3. The first-order valence-corrected chi connectivity index (χ1v) is 33.1. The van der Waals surface area contributed by atoms with Crippen molar-refractivity contribution >= 4 is 34.1 Å². The van der Waals surface area contributed by atoms with Gasteiger partial charge in [-0.05, 0) is 213 Å². The molecule has 0 radical (unpaired) electrons. The predicted molar refractivity (Wildman–Crippen MR) is 391 cm³/mol. The van der Waals surface area contributed by atoms with Crippen LogP contribution in [0.5, 0.6) is 23.0 Å². The van der Waals surface area contributed by atoms with E-state index in [-0.39, 0.29) is 0 Å². The van der Waals surface area contributed by atoms with Crippen LogP contribution in [0.3, 0.4) is 0 Å². The van der Waals surface area contributed by atoms with Gasteiger partial charge in [-0.2, -0.15) is 0 Å². The summed E-state index contributed by atoms with van der Waals surface area (Å²) in [5.41, 5.74) is 21.1. The van der Waals surface area contributed by atoms with E-state index in [1.165, 1.54) is 44.5 Å². The molecule has 8 nitrogen and oxygen atoms in total. The second-order valence-corrected chi connectivity index (χ2v) is 23.9. The molecule has 0 N–H and O–H groups in total. The molecule has 2 unspecified atom stereocenters. The number of rotatable bonds is 27. The highest BCUT2D eigenvalue weighted by atomic mass is 16.5. The lowest BCUT2D eigenvalue weighted by Crippen LogP contribution is -2.29. The summed E-state index contributed by atoms with van der Waals surface area (Å²) in [6.07, 6.45) is 3.55. The SMILES string of the molecule is C=CCOc1ccc(C2(c3ccc(OCCOCC)cc3)c3ccccc3-c3ccc(N(c4ccccc4)c4ccc(-c5ccc(N(c6ccccc6)c6ccc7c(c6)C(c6ccc(OCC=C)cc6)(c6ccc(OCCOCC)cc6)c6ccccc6-7)cc5)cc4)cc32)cc1. The maximum absolute atomic E-state index is 6.19. The van der Waals surface area contributed by atoms with E-state index in [0.29, 0.717) is 52.9 Å². The van der Waals surface area contributed by atoms with Crippen LogP contribution in [0.2, 0.25) is 0 Å². The van der Waals surface area contributed by atoms with E-state index in [0.717, 1.165) is 90.5 Å². The highest BCUT2D eigenvalue weighted by Crippen LogP contribution is 2.60. The molecule has 0 spiro atoms. The first-order chi connectivity index (χ1) is 47.4. The quantitative estimate of drug-likeness (QED) is 0.0373. The van der Waals surface area contributed by atoms with Crippen molar-refractivity contribution in [2.45, 2.75) is 24.7 Å². The van der Waals surface area contributed by atoms with Crippen molar-refractivity contribution in [2.24, 2.45) is 0 Å². The normalized spacial score (nSPS) is 14.7. The Morgan fingerprint density at radius 3 is 0.938 bits per heavy atom. The van der Waals surface area contributed by atoms with Crippen LogP contribution < -0.4 is 28.7 Å². The first-order valence-electron chi connectivity index (χ1n) is 33.1. The summed E-state index contributed by atoms with van der Waals surface area (Å²) in [5, 5.41) is 0. The van der Waals surface area contributed by atoms with Crippen molar-refractivity contribution in [3.05, 3.63) is 361 Å². The van der Waals surface area contributed by atoms with Crippen LogP contribution in [0, 0.1) is 0 Å². The van der Waals surface area contributed by atoms with Crippen molar-refractivity contribution < 1.29 is 28.4 Å². The number of fused-ring (bicyclic) bond motifs is 6. The lowest BCUT2D eigenvalue weighted by Gasteiger charge is -2.35. The van der Waals surface area contributed by atoms with Gasteiger partial charge in [0.05, 0.1) is 24.0 Å². The molecule has 0 amide bonds. The summed E-state index contributed by atoms with van der Waals surface area (Å²) in [7, 11) is 0. The van der Waals surface area contributed by atoms with Gasteiger partial charge in [-0.15, -0.1) is 0 Å². The molecule has 0 saturated heterocycles. The maximum Gasteiger partial charge on any atom is 0.119 e. The monoisotopic (exact) mass is 1260 g/mol. The fraction of sp³-hybridized carbons (Fsp3) is 0.136. The van der Waals surface area contributed by atoms with Crippen LogP contribution in [0.25, 0.3) is 33.4 Å². The molecule has 96 heavy (non-hydrogen) atoms. The number of hydrogen-bond donors (Lipinski definition) is 0. The number of ether oxygens (including phenoxy) is 6. The number of para-hydroxylation sites is 2. The largest absolute Gasteiger partial charge is 0.491 e. The van der Waals surface area contributed by atoms with Crippen molar-refractivity contribution in [3.8, 4) is 56.4 Å². The summed E-state index contributed by atoms with van der Waals surface area (Å²) < 4.78 is 35.7. The second kappa shape index (κ2) is 28.2. The molecule has 0 bridgehead atoms. The molecular formula is C88H76N2O6. The zero-order valence-electron chi connectivity index (χ0n) is 54.3. The molecule has 2 aliphatic rings. The Hall–Kier alpha value is -11.2. The van der Waals surface area contributed by atoms with E-state index in [9.17, 15) is 0 Å². The van der Waals surface area contributed by atoms with E-state index >= 15 is 0 Å². The van der Waals surface area contributed by atoms with E-state index < -0.39 is 10.8 Å². The molecule has 2 atom stereocenters. The Labute approximate surface area is 564 Å².